The first-order valence-electron chi connectivity index (χ1n) is 5.19. The van der Waals surface area contributed by atoms with Gasteiger partial charge in [0.2, 0.25) is 0 Å². The summed E-state index contributed by atoms with van der Waals surface area (Å²) in [4.78, 5) is 10.8. The molecule has 0 saturated carbocycles. The van der Waals surface area contributed by atoms with Gasteiger partial charge in [0.15, 0.2) is 0 Å². The minimum atomic E-state index is -1.27. The van der Waals surface area contributed by atoms with Crippen LogP contribution >= 0.6 is 0 Å². The van der Waals surface area contributed by atoms with Gasteiger partial charge < -0.3 is 10.2 Å². The van der Waals surface area contributed by atoms with Crippen molar-refractivity contribution in [2.24, 2.45) is 0 Å². The van der Waals surface area contributed by atoms with Crippen molar-refractivity contribution in [1.29, 1.82) is 5.26 Å². The normalized spacial score (nSPS) is 11.2. The third-order valence-corrected chi connectivity index (χ3v) is 2.59. The molecule has 0 saturated heterocycles. The van der Waals surface area contributed by atoms with Gasteiger partial charge in [-0.2, -0.15) is 5.26 Å². The Hall–Kier alpha value is -2.80. The molecule has 18 heavy (non-hydrogen) atoms. The molecule has 0 aromatic heterocycles. The number of nitrogens with zero attached hydrogens (tertiary/aromatic N) is 1. The standard InChI is InChI=1S/C14H9NO3/c15-8-10(14(17)18)7-9-5-6-13(16)12-4-2-1-3-11(9)12/h1-7,16H,(H,17,18)/b10-7-. The lowest BCUT2D eigenvalue weighted by Crippen LogP contribution is -1.97. The smallest absolute Gasteiger partial charge is 0.346 e. The molecule has 2 aromatic rings. The number of hydrogen-bond acceptors (Lipinski definition) is 3. The predicted molar refractivity (Wildman–Crippen MR) is 66.8 cm³/mol. The molecule has 2 N–H and O–H groups in total. The second-order valence-electron chi connectivity index (χ2n) is 3.69. The lowest BCUT2D eigenvalue weighted by atomic mass is 10.0. The Labute approximate surface area is 103 Å². The summed E-state index contributed by atoms with van der Waals surface area (Å²) < 4.78 is 0. The Morgan fingerprint density at radius 2 is 1.83 bits per heavy atom. The van der Waals surface area contributed by atoms with E-state index in [4.69, 9.17) is 10.4 Å². The third kappa shape index (κ3) is 2.02. The largest absolute Gasteiger partial charge is 0.507 e. The average Bonchev–Trinajstić information content (AvgIpc) is 2.38. The highest BCUT2D eigenvalue weighted by Gasteiger charge is 2.08. The molecule has 0 aliphatic heterocycles. The molecule has 2 rings (SSSR count). The van der Waals surface area contributed by atoms with Crippen LogP contribution in [0.5, 0.6) is 5.75 Å². The second-order valence-corrected chi connectivity index (χ2v) is 3.69. The first-order valence-corrected chi connectivity index (χ1v) is 5.19. The van der Waals surface area contributed by atoms with Crippen molar-refractivity contribution in [3.8, 4) is 11.8 Å². The number of carbonyl (C=O) groups is 1. The SMILES string of the molecule is N#C/C(=C/c1ccc(O)c2ccccc12)C(=O)O. The fraction of sp³-hybridized carbons (Fsp3) is 0. The summed E-state index contributed by atoms with van der Waals surface area (Å²) >= 11 is 0. The molecule has 0 amide bonds. The fourth-order valence-corrected chi connectivity index (χ4v) is 1.73. The van der Waals surface area contributed by atoms with Gasteiger partial charge in [-0.25, -0.2) is 4.79 Å². The van der Waals surface area contributed by atoms with Crippen LogP contribution in [0.1, 0.15) is 5.56 Å². The summed E-state index contributed by atoms with van der Waals surface area (Å²) in [5.41, 5.74) is 0.244. The molecule has 0 bridgehead atoms. The van der Waals surface area contributed by atoms with Gasteiger partial charge in [-0.05, 0) is 23.1 Å². The quantitative estimate of drug-likeness (QED) is 0.623. The topological polar surface area (TPSA) is 81.3 Å². The lowest BCUT2D eigenvalue weighted by molar-refractivity contribution is -0.132. The van der Waals surface area contributed by atoms with Gasteiger partial charge in [-0.15, -0.1) is 0 Å². The maximum absolute atomic E-state index is 10.8. The van der Waals surface area contributed by atoms with Crippen molar-refractivity contribution in [3.05, 3.63) is 47.5 Å². The molecule has 0 radical (unpaired) electrons. The minimum absolute atomic E-state index is 0.122. The van der Waals surface area contributed by atoms with E-state index in [2.05, 4.69) is 0 Å². The molecule has 4 heteroatoms. The van der Waals surface area contributed by atoms with Crippen LogP contribution < -0.4 is 0 Å². The summed E-state index contributed by atoms with van der Waals surface area (Å²) in [7, 11) is 0. The van der Waals surface area contributed by atoms with E-state index in [1.54, 1.807) is 36.4 Å². The molecule has 88 valence electrons. The zero-order chi connectivity index (χ0) is 13.1. The van der Waals surface area contributed by atoms with Gasteiger partial charge in [0, 0.05) is 5.39 Å². The predicted octanol–water partition coefficient (Wildman–Crippen LogP) is 2.54. The van der Waals surface area contributed by atoms with Crippen LogP contribution in [0.3, 0.4) is 0 Å². The molecule has 0 heterocycles. The van der Waals surface area contributed by atoms with Crippen LogP contribution in [0, 0.1) is 11.3 Å². The maximum Gasteiger partial charge on any atom is 0.346 e. The van der Waals surface area contributed by atoms with E-state index in [-0.39, 0.29) is 11.3 Å². The number of aliphatic carboxylic acids is 1. The molecule has 4 nitrogen and oxygen atoms in total. The molecule has 0 unspecified atom stereocenters. The van der Waals surface area contributed by atoms with E-state index in [0.29, 0.717) is 16.3 Å². The van der Waals surface area contributed by atoms with Gasteiger partial charge >= 0.3 is 5.97 Å². The monoisotopic (exact) mass is 239 g/mol. The zero-order valence-electron chi connectivity index (χ0n) is 9.29. The Morgan fingerprint density at radius 3 is 2.44 bits per heavy atom. The zero-order valence-corrected chi connectivity index (χ0v) is 9.29. The van der Waals surface area contributed by atoms with Crippen LogP contribution in [0.25, 0.3) is 16.8 Å². The van der Waals surface area contributed by atoms with Crippen molar-refractivity contribution in [2.45, 2.75) is 0 Å². The molecule has 0 fully saturated rings. The van der Waals surface area contributed by atoms with Gasteiger partial charge in [0.05, 0.1) is 0 Å². The number of phenols is 1. The highest BCUT2D eigenvalue weighted by molar-refractivity contribution is 6.01. The van der Waals surface area contributed by atoms with Crippen LogP contribution in [-0.2, 0) is 4.79 Å². The highest BCUT2D eigenvalue weighted by Crippen LogP contribution is 2.28. The minimum Gasteiger partial charge on any atom is -0.507 e. The van der Waals surface area contributed by atoms with E-state index in [1.165, 1.54) is 12.1 Å². The molecule has 2 aromatic carbocycles. The molecule has 0 atom stereocenters. The van der Waals surface area contributed by atoms with Crippen molar-refractivity contribution < 1.29 is 15.0 Å². The van der Waals surface area contributed by atoms with Crippen LogP contribution in [-0.4, -0.2) is 16.2 Å². The second kappa shape index (κ2) is 4.60. The third-order valence-electron chi connectivity index (χ3n) is 2.59. The summed E-state index contributed by atoms with van der Waals surface area (Å²) in [5.74, 6) is -1.15. The van der Waals surface area contributed by atoms with Crippen LogP contribution in [0.2, 0.25) is 0 Å². The Bertz CT molecular complexity index is 696. The van der Waals surface area contributed by atoms with Gasteiger partial charge in [-0.1, -0.05) is 30.3 Å². The molecular weight excluding hydrogens is 230 g/mol. The highest BCUT2D eigenvalue weighted by atomic mass is 16.4. The Balaban J connectivity index is 2.71. The first-order chi connectivity index (χ1) is 8.63. The molecule has 0 aliphatic carbocycles. The van der Waals surface area contributed by atoms with E-state index >= 15 is 0 Å². The number of fused-ring (bicyclic) bond motifs is 1. The van der Waals surface area contributed by atoms with E-state index < -0.39 is 5.97 Å². The van der Waals surface area contributed by atoms with Crippen molar-refractivity contribution in [2.75, 3.05) is 0 Å². The molecule has 0 aliphatic rings. The summed E-state index contributed by atoms with van der Waals surface area (Å²) in [6.45, 7) is 0. The molecule has 0 spiro atoms. The first kappa shape index (κ1) is 11.7. The van der Waals surface area contributed by atoms with E-state index in [0.717, 1.165) is 0 Å². The van der Waals surface area contributed by atoms with Gasteiger partial charge in [-0.3, -0.25) is 0 Å². The number of carboxylic acids is 1. The number of hydrogen-bond donors (Lipinski definition) is 2. The van der Waals surface area contributed by atoms with Gasteiger partial charge in [0.25, 0.3) is 0 Å². The number of nitriles is 1. The fourth-order valence-electron chi connectivity index (χ4n) is 1.73. The molecular formula is C14H9NO3. The number of carboxylic acid groups (broad SMARTS) is 1. The van der Waals surface area contributed by atoms with Crippen LogP contribution in [0.4, 0.5) is 0 Å². The van der Waals surface area contributed by atoms with Crippen molar-refractivity contribution in [3.63, 3.8) is 0 Å². The summed E-state index contributed by atoms with van der Waals surface area (Å²) in [6, 6.07) is 11.7. The summed E-state index contributed by atoms with van der Waals surface area (Å²) in [6.07, 6.45) is 1.30. The number of phenolic OH excluding ortho intramolecular Hbond substituents is 1. The van der Waals surface area contributed by atoms with Crippen molar-refractivity contribution >= 4 is 22.8 Å². The van der Waals surface area contributed by atoms with E-state index in [9.17, 15) is 9.90 Å². The number of rotatable bonds is 2. The van der Waals surface area contributed by atoms with Gasteiger partial charge in [0.1, 0.15) is 17.4 Å². The average molecular weight is 239 g/mol. The summed E-state index contributed by atoms with van der Waals surface area (Å²) in [5, 5.41) is 28.6. The van der Waals surface area contributed by atoms with E-state index in [1.807, 2.05) is 0 Å². The van der Waals surface area contributed by atoms with Crippen LogP contribution in [0.15, 0.2) is 42.0 Å². The lowest BCUT2D eigenvalue weighted by Gasteiger charge is -2.04. The Kier molecular flexibility index (Phi) is 2.98. The number of aromatic hydroxyl groups is 1. The van der Waals surface area contributed by atoms with Crippen molar-refractivity contribution in [1.82, 2.24) is 0 Å². The maximum atomic E-state index is 10.8. The Morgan fingerprint density at radius 1 is 1.17 bits per heavy atom. The number of benzene rings is 2.